The third-order valence-electron chi connectivity index (χ3n) is 8.07. The highest BCUT2D eigenvalue weighted by Crippen LogP contribution is 2.55. The summed E-state index contributed by atoms with van der Waals surface area (Å²) in [6.45, 7) is 23.6. The van der Waals surface area contributed by atoms with Gasteiger partial charge in [-0.3, -0.25) is 0 Å². The molecule has 0 atom stereocenters. The predicted molar refractivity (Wildman–Crippen MR) is 239 cm³/mol. The van der Waals surface area contributed by atoms with Gasteiger partial charge in [0.05, 0.1) is 59.5 Å². The monoisotopic (exact) mass is 934 g/mol. The number of hydrogen-bond donors (Lipinski definition) is 0. The number of benzene rings is 3. The minimum atomic E-state index is -6.09. The molecule has 0 amide bonds. The van der Waals surface area contributed by atoms with E-state index in [0.29, 0.717) is 111 Å². The molecule has 12 nitrogen and oxygen atoms in total. The highest BCUT2D eigenvalue weighted by molar-refractivity contribution is 7.97. The molecule has 0 aliphatic heterocycles. The minimum Gasteiger partial charge on any atom is -0.741 e. The van der Waals surface area contributed by atoms with Crippen molar-refractivity contribution in [3.05, 3.63) is 36.4 Å². The maximum atomic E-state index is 10.7. The Kier molecular flexibility index (Phi) is 25.7. The summed E-state index contributed by atoms with van der Waals surface area (Å²) in [6.07, 6.45) is 7.50. The van der Waals surface area contributed by atoms with Crippen molar-refractivity contribution in [1.29, 1.82) is 0 Å². The largest absolute Gasteiger partial charge is 0.741 e. The lowest BCUT2D eigenvalue weighted by molar-refractivity contribution is -0.0517. The molecule has 0 aliphatic carbocycles. The molecule has 0 aromatic heterocycles. The molecular weight excluding hydrogens is 866 g/mol. The topological polar surface area (TPSA) is 140 Å². The number of ether oxygens (including phenoxy) is 9. The molecule has 0 saturated carbocycles. The lowest BCUT2D eigenvalue weighted by atomic mass is 10.2. The highest BCUT2D eigenvalue weighted by Gasteiger charge is 2.47. The molecule has 3 aromatic rings. The Morgan fingerprint density at radius 1 is 0.397 bits per heavy atom. The maximum absolute atomic E-state index is 10.7. The maximum Gasteiger partial charge on any atom is 0.485 e. The average molecular weight is 935 g/mol. The van der Waals surface area contributed by atoms with E-state index in [1.807, 2.05) is 36.4 Å². The first-order valence-electron chi connectivity index (χ1n) is 22.1. The first kappa shape index (κ1) is 55.0. The Hall–Kier alpha value is -4.09. The molecule has 17 heteroatoms. The van der Waals surface area contributed by atoms with Gasteiger partial charge >= 0.3 is 5.51 Å². The van der Waals surface area contributed by atoms with Gasteiger partial charge in [-0.15, -0.1) is 0 Å². The van der Waals surface area contributed by atoms with Gasteiger partial charge in [-0.25, -0.2) is 8.42 Å². The van der Waals surface area contributed by atoms with E-state index in [-0.39, 0.29) is 0 Å². The summed E-state index contributed by atoms with van der Waals surface area (Å²) in [6, 6.07) is 12.0. The second-order valence-electron chi connectivity index (χ2n) is 14.1. The summed E-state index contributed by atoms with van der Waals surface area (Å²) in [5.74, 6) is 6.03. The van der Waals surface area contributed by atoms with Crippen LogP contribution in [-0.2, 0) is 21.0 Å². The zero-order valence-corrected chi connectivity index (χ0v) is 40.2. The van der Waals surface area contributed by atoms with Crippen molar-refractivity contribution in [3.63, 3.8) is 0 Å². The molecular formula is C46H69F3O12S2. The Labute approximate surface area is 376 Å². The molecule has 0 radical (unpaired) electrons. The molecule has 0 saturated heterocycles. The van der Waals surface area contributed by atoms with Crippen molar-refractivity contribution in [1.82, 2.24) is 0 Å². The standard InChI is InChI=1S/C45H69O9S.CHF3O3S/c1-10-19-46-34-28-37(49-22-13-4)43(38(29-34)50-23-14-5)55(44-39(51-24-15-6)30-35(47-20-11-2)31-40(44)52-25-16-7)45-41(53-26-17-8)32-36(48-21-12-3)33-42(45)54-27-18-9;2-1(3,4)8(5,6)7/h28-33H,10-27H2,1-9H3;(H,5,6,7)/q+1;/p-1. The molecule has 0 unspecified atom stereocenters. The van der Waals surface area contributed by atoms with E-state index in [4.69, 9.17) is 55.6 Å². The molecule has 3 aromatic carbocycles. The molecule has 0 fully saturated rings. The van der Waals surface area contributed by atoms with Crippen LogP contribution in [0.25, 0.3) is 0 Å². The van der Waals surface area contributed by atoms with Crippen molar-refractivity contribution in [2.45, 2.75) is 140 Å². The van der Waals surface area contributed by atoms with Crippen molar-refractivity contribution >= 4 is 21.0 Å². The second-order valence-corrected chi connectivity index (χ2v) is 17.3. The fourth-order valence-corrected chi connectivity index (χ4v) is 7.92. The van der Waals surface area contributed by atoms with Crippen LogP contribution in [-0.4, -0.2) is 77.9 Å². The van der Waals surface area contributed by atoms with Crippen LogP contribution in [0.3, 0.4) is 0 Å². The Balaban J connectivity index is 0.00000155. The fourth-order valence-electron chi connectivity index (χ4n) is 5.39. The van der Waals surface area contributed by atoms with Gasteiger partial charge in [0.25, 0.3) is 14.7 Å². The molecule has 0 bridgehead atoms. The first-order valence-corrected chi connectivity index (χ1v) is 24.8. The van der Waals surface area contributed by atoms with E-state index < -0.39 is 26.5 Å². The van der Waals surface area contributed by atoms with Crippen LogP contribution >= 0.6 is 0 Å². The van der Waals surface area contributed by atoms with Crippen LogP contribution in [0.4, 0.5) is 13.2 Å². The van der Waals surface area contributed by atoms with Crippen LogP contribution < -0.4 is 42.6 Å². The Bertz CT molecular complexity index is 1610. The van der Waals surface area contributed by atoms with E-state index >= 15 is 0 Å². The molecule has 3 rings (SSSR count). The van der Waals surface area contributed by atoms with Crippen LogP contribution in [0, 0.1) is 0 Å². The first-order chi connectivity index (χ1) is 30.2. The molecule has 0 N–H and O–H groups in total. The fraction of sp³-hybridized carbons (Fsp3) is 0.609. The van der Waals surface area contributed by atoms with Crippen molar-refractivity contribution in [2.24, 2.45) is 0 Å². The molecule has 0 heterocycles. The molecule has 63 heavy (non-hydrogen) atoms. The molecule has 0 aliphatic rings. The van der Waals surface area contributed by atoms with Crippen LogP contribution in [0.5, 0.6) is 51.7 Å². The van der Waals surface area contributed by atoms with E-state index in [1.165, 1.54) is 0 Å². The summed E-state index contributed by atoms with van der Waals surface area (Å²) in [7, 11) is -7.15. The van der Waals surface area contributed by atoms with E-state index in [1.54, 1.807) is 0 Å². The smallest absolute Gasteiger partial charge is 0.485 e. The van der Waals surface area contributed by atoms with Crippen LogP contribution in [0.1, 0.15) is 120 Å². The number of alkyl halides is 3. The normalized spacial score (nSPS) is 11.4. The summed E-state index contributed by atoms with van der Waals surface area (Å²) in [4.78, 5) is 2.50. The van der Waals surface area contributed by atoms with Crippen molar-refractivity contribution in [3.8, 4) is 51.7 Å². The van der Waals surface area contributed by atoms with Gasteiger partial charge in [0.2, 0.25) is 0 Å². The third-order valence-corrected chi connectivity index (χ3v) is 11.1. The van der Waals surface area contributed by atoms with Crippen LogP contribution in [0.2, 0.25) is 0 Å². The van der Waals surface area contributed by atoms with Gasteiger partial charge in [0.1, 0.15) is 28.1 Å². The summed E-state index contributed by atoms with van der Waals surface area (Å²) < 4.78 is 118. The molecule has 0 spiro atoms. The van der Waals surface area contributed by atoms with Crippen molar-refractivity contribution in [2.75, 3.05) is 59.5 Å². The lowest BCUT2D eigenvalue weighted by Gasteiger charge is -2.24. The number of halogens is 3. The molecule has 358 valence electrons. The zero-order chi connectivity index (χ0) is 46.8. The van der Waals surface area contributed by atoms with Gasteiger partial charge in [-0.05, 0) is 57.8 Å². The van der Waals surface area contributed by atoms with Gasteiger partial charge in [-0.1, -0.05) is 62.3 Å². The number of rotatable bonds is 30. The average Bonchev–Trinajstić information content (AvgIpc) is 3.25. The lowest BCUT2D eigenvalue weighted by Crippen LogP contribution is -2.21. The minimum absolute atomic E-state index is 0.499. The third kappa shape index (κ3) is 17.8. The highest BCUT2D eigenvalue weighted by atomic mass is 32.2. The zero-order valence-electron chi connectivity index (χ0n) is 38.5. The predicted octanol–water partition coefficient (Wildman–Crippen LogP) is 11.9. The Morgan fingerprint density at radius 2 is 0.556 bits per heavy atom. The van der Waals surface area contributed by atoms with E-state index in [2.05, 4.69) is 62.3 Å². The number of hydrogen-bond acceptors (Lipinski definition) is 12. The summed E-state index contributed by atoms with van der Waals surface area (Å²) in [5, 5.41) is 0. The van der Waals surface area contributed by atoms with Crippen LogP contribution in [0.15, 0.2) is 51.1 Å². The van der Waals surface area contributed by atoms with Gasteiger partial charge in [0, 0.05) is 36.4 Å². The van der Waals surface area contributed by atoms with E-state index in [9.17, 15) is 13.2 Å². The van der Waals surface area contributed by atoms with Gasteiger partial charge in [-0.2, -0.15) is 13.2 Å². The summed E-state index contributed by atoms with van der Waals surface area (Å²) >= 11 is 0. The van der Waals surface area contributed by atoms with Crippen molar-refractivity contribution < 1.29 is 68.8 Å². The quantitative estimate of drug-likeness (QED) is 0.0357. The van der Waals surface area contributed by atoms with Gasteiger partial charge in [0.15, 0.2) is 44.6 Å². The summed E-state index contributed by atoms with van der Waals surface area (Å²) in [5.41, 5.74) is -5.65. The van der Waals surface area contributed by atoms with Gasteiger partial charge < -0.3 is 47.2 Å². The Morgan fingerprint density at radius 3 is 0.698 bits per heavy atom. The SMILES string of the molecule is CCCOc1cc(OCCC)c([S+](c2c(OCCC)cc(OCCC)cc2OCCC)c2c(OCCC)cc(OCCC)cc2OCCC)c(OCCC)c1.O=S(=O)([O-])C(F)(F)F. The second kappa shape index (κ2) is 29.4. The van der Waals surface area contributed by atoms with E-state index in [0.717, 1.165) is 72.5 Å².